The first-order chi connectivity index (χ1) is 15.6. The molecule has 1 saturated heterocycles. The number of rotatable bonds is 5. The second kappa shape index (κ2) is 9.04. The molecule has 3 aliphatic heterocycles. The molecule has 172 valence electrons. The Bertz CT molecular complexity index is 911. The summed E-state index contributed by atoms with van der Waals surface area (Å²) in [4.78, 5) is 31.3. The lowest BCUT2D eigenvalue weighted by Gasteiger charge is -2.37. The number of Topliss-reactive ketones (excluding diaryl/α,β-unsaturated/α-hetero) is 1. The number of carbonyl (C=O) groups is 2. The van der Waals surface area contributed by atoms with Crippen molar-refractivity contribution in [1.29, 1.82) is 0 Å². The lowest BCUT2D eigenvalue weighted by atomic mass is 9.77. The largest absolute Gasteiger partial charge is 0.497 e. The van der Waals surface area contributed by atoms with Crippen LogP contribution >= 0.6 is 11.6 Å². The zero-order valence-corrected chi connectivity index (χ0v) is 19.1. The fourth-order valence-corrected chi connectivity index (χ4v) is 5.62. The van der Waals surface area contributed by atoms with Crippen molar-refractivity contribution in [1.82, 2.24) is 9.80 Å². The first-order valence-corrected chi connectivity index (χ1v) is 11.8. The fourth-order valence-electron chi connectivity index (χ4n) is 5.30. The molecule has 2 fully saturated rings. The van der Waals surface area contributed by atoms with E-state index in [1.807, 2.05) is 24.3 Å². The number of ketones is 1. The van der Waals surface area contributed by atoms with Gasteiger partial charge in [0.05, 0.1) is 37.9 Å². The third-order valence-corrected chi connectivity index (χ3v) is 7.47. The van der Waals surface area contributed by atoms with Gasteiger partial charge in [-0.05, 0) is 37.0 Å². The lowest BCUT2D eigenvalue weighted by molar-refractivity contribution is -0.135. The normalized spacial score (nSPS) is 30.8. The molecule has 4 atom stereocenters. The van der Waals surface area contributed by atoms with Crippen LogP contribution < -0.4 is 4.74 Å². The van der Waals surface area contributed by atoms with Crippen LogP contribution in [0.1, 0.15) is 30.9 Å². The minimum atomic E-state index is -0.450. The van der Waals surface area contributed by atoms with E-state index in [1.54, 1.807) is 12.0 Å². The average Bonchev–Trinajstić information content (AvgIpc) is 3.10. The smallest absolute Gasteiger partial charge is 0.290 e. The van der Waals surface area contributed by atoms with Crippen molar-refractivity contribution in [2.45, 2.75) is 36.8 Å². The van der Waals surface area contributed by atoms with Crippen LogP contribution in [0.4, 0.5) is 0 Å². The number of halogens is 1. The molecule has 1 saturated carbocycles. The fraction of sp³-hybridized carbons (Fsp3) is 0.583. The summed E-state index contributed by atoms with van der Waals surface area (Å²) in [6, 6.07) is 7.14. The monoisotopic (exact) mass is 460 g/mol. The van der Waals surface area contributed by atoms with Crippen LogP contribution in [0.25, 0.3) is 0 Å². The van der Waals surface area contributed by atoms with Gasteiger partial charge in [0, 0.05) is 31.6 Å². The first-order valence-electron chi connectivity index (χ1n) is 11.4. The van der Waals surface area contributed by atoms with Gasteiger partial charge < -0.3 is 19.1 Å². The number of methoxy groups -OCH3 is 1. The summed E-state index contributed by atoms with van der Waals surface area (Å²) in [5, 5.41) is -0.0279. The van der Waals surface area contributed by atoms with Crippen LogP contribution in [0.3, 0.4) is 0 Å². The quantitative estimate of drug-likeness (QED) is 0.629. The zero-order valence-electron chi connectivity index (χ0n) is 18.3. The van der Waals surface area contributed by atoms with Crippen molar-refractivity contribution in [3.05, 3.63) is 41.2 Å². The highest BCUT2D eigenvalue weighted by atomic mass is 35.5. The Hall–Kier alpha value is -2.09. The number of nitrogens with zero attached hydrogens (tertiary/aromatic N) is 2. The van der Waals surface area contributed by atoms with Gasteiger partial charge in [-0.3, -0.25) is 14.5 Å². The van der Waals surface area contributed by atoms with E-state index >= 15 is 0 Å². The molecule has 0 spiro atoms. The molecule has 0 aromatic heterocycles. The van der Waals surface area contributed by atoms with E-state index in [9.17, 15) is 9.59 Å². The molecule has 3 heterocycles. The minimum absolute atomic E-state index is 0.0182. The van der Waals surface area contributed by atoms with Crippen LogP contribution in [0.15, 0.2) is 35.6 Å². The molecule has 1 aromatic carbocycles. The number of hydrogen-bond donors (Lipinski definition) is 0. The van der Waals surface area contributed by atoms with Gasteiger partial charge in [0.2, 0.25) is 0 Å². The van der Waals surface area contributed by atoms with Crippen molar-refractivity contribution >= 4 is 23.3 Å². The van der Waals surface area contributed by atoms with Gasteiger partial charge in [-0.2, -0.15) is 0 Å². The maximum Gasteiger partial charge on any atom is 0.290 e. The van der Waals surface area contributed by atoms with Crippen molar-refractivity contribution in [2.75, 3.05) is 46.5 Å². The van der Waals surface area contributed by atoms with E-state index in [0.717, 1.165) is 37.4 Å². The third-order valence-electron chi connectivity index (χ3n) is 7.07. The Balaban J connectivity index is 1.47. The van der Waals surface area contributed by atoms with E-state index in [2.05, 4.69) is 4.90 Å². The molecule has 8 heteroatoms. The maximum atomic E-state index is 13.7. The van der Waals surface area contributed by atoms with Gasteiger partial charge in [-0.25, -0.2) is 0 Å². The number of morpholine rings is 1. The molecular weight excluding hydrogens is 432 g/mol. The average molecular weight is 461 g/mol. The molecular formula is C24H29ClN2O5. The molecule has 1 aliphatic carbocycles. The topological polar surface area (TPSA) is 68.3 Å². The standard InChI is InChI=1S/C24H29ClN2O5/c1-30-17-5-2-15(3-6-17)21-20-22(28)18-14-16(25)4-7-19(18)32-23(20)24(29)27(21)9-8-26-10-12-31-13-11-26/h2-3,5-6,16,18-19,21H,4,7-14H2,1H3. The van der Waals surface area contributed by atoms with Gasteiger partial charge >= 0.3 is 0 Å². The van der Waals surface area contributed by atoms with Gasteiger partial charge in [0.25, 0.3) is 5.91 Å². The summed E-state index contributed by atoms with van der Waals surface area (Å²) in [6.45, 7) is 4.35. The number of fused-ring (bicyclic) bond motifs is 1. The van der Waals surface area contributed by atoms with Crippen LogP contribution in [0.5, 0.6) is 5.75 Å². The van der Waals surface area contributed by atoms with Crippen molar-refractivity contribution in [3.8, 4) is 5.75 Å². The lowest BCUT2D eigenvalue weighted by Crippen LogP contribution is -2.43. The predicted octanol–water partition coefficient (Wildman–Crippen LogP) is 2.54. The predicted molar refractivity (Wildman–Crippen MR) is 119 cm³/mol. The molecule has 0 bridgehead atoms. The summed E-state index contributed by atoms with van der Waals surface area (Å²) in [5.41, 5.74) is 1.38. The number of ether oxygens (including phenoxy) is 3. The van der Waals surface area contributed by atoms with Gasteiger partial charge in [0.1, 0.15) is 11.9 Å². The summed E-state index contributed by atoms with van der Waals surface area (Å²) in [5.74, 6) is 0.527. The van der Waals surface area contributed by atoms with E-state index in [0.29, 0.717) is 38.2 Å². The van der Waals surface area contributed by atoms with Crippen LogP contribution in [0, 0.1) is 5.92 Å². The van der Waals surface area contributed by atoms with Gasteiger partial charge in [-0.15, -0.1) is 11.6 Å². The maximum absolute atomic E-state index is 13.7. The molecule has 0 radical (unpaired) electrons. The number of carbonyl (C=O) groups excluding carboxylic acids is 2. The summed E-state index contributed by atoms with van der Waals surface area (Å²) in [7, 11) is 1.62. The van der Waals surface area contributed by atoms with E-state index in [1.165, 1.54) is 0 Å². The Morgan fingerprint density at radius 2 is 1.84 bits per heavy atom. The number of hydrogen-bond acceptors (Lipinski definition) is 6. The molecule has 5 rings (SSSR count). The van der Waals surface area contributed by atoms with E-state index in [4.69, 9.17) is 25.8 Å². The number of alkyl halides is 1. The molecule has 7 nitrogen and oxygen atoms in total. The Morgan fingerprint density at radius 3 is 2.56 bits per heavy atom. The first kappa shape index (κ1) is 21.7. The van der Waals surface area contributed by atoms with Crippen molar-refractivity contribution in [2.24, 2.45) is 5.92 Å². The van der Waals surface area contributed by atoms with Crippen LogP contribution in [-0.4, -0.2) is 79.5 Å². The van der Waals surface area contributed by atoms with Crippen molar-refractivity contribution in [3.63, 3.8) is 0 Å². The number of amides is 1. The molecule has 32 heavy (non-hydrogen) atoms. The SMILES string of the molecule is COc1ccc(C2C3=C(OC4CCC(Cl)CC4C3=O)C(=O)N2CCN2CCOCC2)cc1. The van der Waals surface area contributed by atoms with E-state index < -0.39 is 6.04 Å². The number of benzene rings is 1. The van der Waals surface area contributed by atoms with Crippen LogP contribution in [0.2, 0.25) is 0 Å². The Kier molecular flexibility index (Phi) is 6.14. The van der Waals surface area contributed by atoms with Gasteiger partial charge in [0.15, 0.2) is 11.5 Å². The van der Waals surface area contributed by atoms with Gasteiger partial charge in [-0.1, -0.05) is 12.1 Å². The third kappa shape index (κ3) is 3.91. The summed E-state index contributed by atoms with van der Waals surface area (Å²) in [6.07, 6.45) is 1.85. The van der Waals surface area contributed by atoms with E-state index in [-0.39, 0.29) is 34.8 Å². The highest BCUT2D eigenvalue weighted by molar-refractivity contribution is 6.21. The molecule has 0 N–H and O–H groups in total. The molecule has 4 unspecified atom stereocenters. The molecule has 1 amide bonds. The Morgan fingerprint density at radius 1 is 1.09 bits per heavy atom. The zero-order chi connectivity index (χ0) is 22.2. The summed E-state index contributed by atoms with van der Waals surface area (Å²) >= 11 is 6.39. The highest BCUT2D eigenvalue weighted by Gasteiger charge is 2.52. The minimum Gasteiger partial charge on any atom is -0.497 e. The van der Waals surface area contributed by atoms with Crippen molar-refractivity contribution < 1.29 is 23.8 Å². The van der Waals surface area contributed by atoms with Crippen LogP contribution in [-0.2, 0) is 19.1 Å². The highest BCUT2D eigenvalue weighted by Crippen LogP contribution is 2.47. The summed E-state index contributed by atoms with van der Waals surface area (Å²) < 4.78 is 17.0. The molecule has 4 aliphatic rings. The molecule has 1 aromatic rings. The second-order valence-corrected chi connectivity index (χ2v) is 9.53. The Labute approximate surface area is 193 Å². The second-order valence-electron chi connectivity index (χ2n) is 8.91.